The molecule has 2 aromatic heterocycles. The number of fused-ring (bicyclic) bond motifs is 1. The number of aromatic nitrogens is 4. The van der Waals surface area contributed by atoms with E-state index in [-0.39, 0.29) is 5.75 Å². The Hall–Kier alpha value is -1.95. The van der Waals surface area contributed by atoms with Crippen molar-refractivity contribution in [3.8, 4) is 16.3 Å². The molecule has 0 bridgehead atoms. The Morgan fingerprint density at radius 3 is 2.89 bits per heavy atom. The van der Waals surface area contributed by atoms with Gasteiger partial charge >= 0.3 is 0 Å². The lowest BCUT2D eigenvalue weighted by molar-refractivity contribution is 0.477. The highest BCUT2D eigenvalue weighted by Crippen LogP contribution is 2.32. The van der Waals surface area contributed by atoms with Gasteiger partial charge in [-0.3, -0.25) is 0 Å². The van der Waals surface area contributed by atoms with Gasteiger partial charge in [-0.1, -0.05) is 24.3 Å². The molecule has 1 aromatic carbocycles. The second kappa shape index (κ2) is 4.06. The van der Waals surface area contributed by atoms with E-state index in [9.17, 15) is 5.11 Å². The van der Waals surface area contributed by atoms with Gasteiger partial charge in [-0.25, -0.2) is 0 Å². The molecule has 0 amide bonds. The highest BCUT2D eigenvalue weighted by Gasteiger charge is 2.14. The maximum absolute atomic E-state index is 9.96. The van der Waals surface area contributed by atoms with Crippen LogP contribution in [0.5, 0.6) is 5.75 Å². The Morgan fingerprint density at radius 2 is 2.17 bits per heavy atom. The van der Waals surface area contributed by atoms with Crippen LogP contribution in [-0.2, 0) is 6.42 Å². The van der Waals surface area contributed by atoms with E-state index in [4.69, 9.17) is 0 Å². The number of rotatable bonds is 2. The summed E-state index contributed by atoms with van der Waals surface area (Å²) in [6, 6.07) is 5.57. The van der Waals surface area contributed by atoms with Gasteiger partial charge in [-0.2, -0.15) is 9.61 Å². The third-order valence-corrected chi connectivity index (χ3v) is 3.69. The van der Waals surface area contributed by atoms with Gasteiger partial charge < -0.3 is 5.11 Å². The summed E-state index contributed by atoms with van der Waals surface area (Å²) in [5.74, 6) is 1.08. The molecule has 0 saturated heterocycles. The zero-order chi connectivity index (χ0) is 12.7. The van der Waals surface area contributed by atoms with Crippen molar-refractivity contribution in [2.24, 2.45) is 0 Å². The van der Waals surface area contributed by atoms with Gasteiger partial charge in [0, 0.05) is 6.42 Å². The van der Waals surface area contributed by atoms with Crippen LogP contribution in [0, 0.1) is 6.92 Å². The Labute approximate surface area is 108 Å². The van der Waals surface area contributed by atoms with E-state index >= 15 is 0 Å². The zero-order valence-electron chi connectivity index (χ0n) is 10.1. The molecule has 0 atom stereocenters. The van der Waals surface area contributed by atoms with Crippen LogP contribution < -0.4 is 0 Å². The van der Waals surface area contributed by atoms with E-state index in [1.54, 1.807) is 10.6 Å². The third-order valence-electron chi connectivity index (χ3n) is 2.76. The van der Waals surface area contributed by atoms with Gasteiger partial charge in [0.15, 0.2) is 10.8 Å². The van der Waals surface area contributed by atoms with E-state index in [1.807, 2.05) is 26.0 Å². The van der Waals surface area contributed by atoms with Crippen molar-refractivity contribution in [2.75, 3.05) is 0 Å². The lowest BCUT2D eigenvalue weighted by Gasteiger charge is -2.01. The summed E-state index contributed by atoms with van der Waals surface area (Å²) in [6.07, 6.45) is 0.782. The zero-order valence-corrected chi connectivity index (χ0v) is 10.9. The van der Waals surface area contributed by atoms with Gasteiger partial charge in [0.25, 0.3) is 0 Å². The summed E-state index contributed by atoms with van der Waals surface area (Å²) >= 11 is 1.42. The molecule has 1 N–H and O–H groups in total. The minimum absolute atomic E-state index is 0.248. The molecule has 0 saturated carbocycles. The predicted octanol–water partition coefficient (Wildman–Crippen LogP) is 2.43. The Balaban J connectivity index is 2.16. The number of phenolic OH excluding ortho intramolecular Hbond substituents is 1. The van der Waals surface area contributed by atoms with Crippen molar-refractivity contribution in [1.29, 1.82) is 0 Å². The number of aromatic hydroxyl groups is 1. The van der Waals surface area contributed by atoms with Gasteiger partial charge in [-0.15, -0.1) is 10.2 Å². The fourth-order valence-electron chi connectivity index (χ4n) is 1.81. The summed E-state index contributed by atoms with van der Waals surface area (Å²) in [4.78, 5) is 0.752. The van der Waals surface area contributed by atoms with Crippen LogP contribution in [-0.4, -0.2) is 24.9 Å². The molecule has 0 aliphatic rings. The van der Waals surface area contributed by atoms with Crippen LogP contribution in [0.15, 0.2) is 18.2 Å². The molecule has 0 unspecified atom stereocenters. The van der Waals surface area contributed by atoms with Crippen molar-refractivity contribution in [3.63, 3.8) is 0 Å². The highest BCUT2D eigenvalue weighted by molar-refractivity contribution is 7.19. The lowest BCUT2D eigenvalue weighted by Crippen LogP contribution is -1.93. The van der Waals surface area contributed by atoms with E-state index in [0.29, 0.717) is 0 Å². The SMILES string of the molecule is CCc1nnc2sc(-c3ccc(C)cc3O)nn12. The molecule has 0 aliphatic carbocycles. The van der Waals surface area contributed by atoms with Gasteiger partial charge in [0.05, 0.1) is 5.56 Å². The maximum atomic E-state index is 9.96. The fraction of sp³-hybridized carbons (Fsp3) is 0.250. The summed E-state index contributed by atoms with van der Waals surface area (Å²) in [5, 5.41) is 23.3. The van der Waals surface area contributed by atoms with Crippen LogP contribution in [0.1, 0.15) is 18.3 Å². The van der Waals surface area contributed by atoms with Gasteiger partial charge in [0.2, 0.25) is 4.96 Å². The van der Waals surface area contributed by atoms with Crippen molar-refractivity contribution >= 4 is 16.3 Å². The van der Waals surface area contributed by atoms with Crippen LogP contribution in [0.25, 0.3) is 15.5 Å². The molecule has 6 heteroatoms. The predicted molar refractivity (Wildman–Crippen MR) is 69.9 cm³/mol. The molecule has 0 aliphatic heterocycles. The largest absolute Gasteiger partial charge is 0.507 e. The number of nitrogens with zero attached hydrogens (tertiary/aromatic N) is 4. The van der Waals surface area contributed by atoms with Crippen molar-refractivity contribution in [3.05, 3.63) is 29.6 Å². The smallest absolute Gasteiger partial charge is 0.234 e. The topological polar surface area (TPSA) is 63.3 Å². The molecule has 18 heavy (non-hydrogen) atoms. The third kappa shape index (κ3) is 1.65. The number of phenols is 1. The molecule has 2 heterocycles. The molecular formula is C12H12N4OS. The average molecular weight is 260 g/mol. The van der Waals surface area contributed by atoms with E-state index < -0.39 is 0 Å². The van der Waals surface area contributed by atoms with Crippen molar-refractivity contribution in [1.82, 2.24) is 19.8 Å². The minimum Gasteiger partial charge on any atom is -0.507 e. The Morgan fingerprint density at radius 1 is 1.33 bits per heavy atom. The maximum Gasteiger partial charge on any atom is 0.234 e. The second-order valence-electron chi connectivity index (χ2n) is 4.09. The number of benzene rings is 1. The molecule has 5 nitrogen and oxygen atoms in total. The quantitative estimate of drug-likeness (QED) is 0.768. The van der Waals surface area contributed by atoms with E-state index in [0.717, 1.165) is 33.3 Å². The summed E-state index contributed by atoms with van der Waals surface area (Å²) in [7, 11) is 0. The van der Waals surface area contributed by atoms with Crippen LogP contribution in [0.3, 0.4) is 0 Å². The summed E-state index contributed by atoms with van der Waals surface area (Å²) in [5.41, 5.74) is 1.76. The Kier molecular flexibility index (Phi) is 2.52. The molecule has 0 radical (unpaired) electrons. The fourth-order valence-corrected chi connectivity index (χ4v) is 2.70. The van der Waals surface area contributed by atoms with Gasteiger partial charge in [-0.05, 0) is 24.6 Å². The number of hydrogen-bond acceptors (Lipinski definition) is 5. The molecule has 0 spiro atoms. The lowest BCUT2D eigenvalue weighted by atomic mass is 10.1. The minimum atomic E-state index is 0.248. The number of hydrogen-bond donors (Lipinski definition) is 1. The van der Waals surface area contributed by atoms with E-state index in [1.165, 1.54) is 11.3 Å². The number of aryl methyl sites for hydroxylation is 2. The van der Waals surface area contributed by atoms with Crippen LogP contribution in [0.4, 0.5) is 0 Å². The van der Waals surface area contributed by atoms with Crippen molar-refractivity contribution in [2.45, 2.75) is 20.3 Å². The first kappa shape index (κ1) is 11.2. The first-order valence-electron chi connectivity index (χ1n) is 5.70. The normalized spacial score (nSPS) is 11.2. The van der Waals surface area contributed by atoms with Gasteiger partial charge in [0.1, 0.15) is 5.75 Å². The highest BCUT2D eigenvalue weighted by atomic mass is 32.1. The van der Waals surface area contributed by atoms with E-state index in [2.05, 4.69) is 15.3 Å². The summed E-state index contributed by atoms with van der Waals surface area (Å²) < 4.78 is 1.74. The van der Waals surface area contributed by atoms with Crippen LogP contribution >= 0.6 is 11.3 Å². The first-order chi connectivity index (χ1) is 8.69. The second-order valence-corrected chi connectivity index (χ2v) is 5.05. The molecular weight excluding hydrogens is 248 g/mol. The molecule has 3 aromatic rings. The Bertz CT molecular complexity index is 716. The monoisotopic (exact) mass is 260 g/mol. The molecule has 92 valence electrons. The molecule has 3 rings (SSSR count). The summed E-state index contributed by atoms with van der Waals surface area (Å²) in [6.45, 7) is 3.95. The van der Waals surface area contributed by atoms with Crippen molar-refractivity contribution < 1.29 is 5.11 Å². The molecule has 0 fully saturated rings. The van der Waals surface area contributed by atoms with Crippen LogP contribution in [0.2, 0.25) is 0 Å². The average Bonchev–Trinajstić information content (AvgIpc) is 2.88. The first-order valence-corrected chi connectivity index (χ1v) is 6.52. The standard InChI is InChI=1S/C12H12N4OS/c1-3-10-13-14-12-16(10)15-11(18-12)8-5-4-7(2)6-9(8)17/h4-6,17H,3H2,1-2H3.